The van der Waals surface area contributed by atoms with Gasteiger partial charge in [0.25, 0.3) is 0 Å². The van der Waals surface area contributed by atoms with E-state index in [0.29, 0.717) is 19.0 Å². The van der Waals surface area contributed by atoms with Crippen LogP contribution in [-0.4, -0.2) is 61.3 Å². The maximum atomic E-state index is 12.8. The highest BCUT2D eigenvalue weighted by Crippen LogP contribution is 2.46. The van der Waals surface area contributed by atoms with Crippen molar-refractivity contribution >= 4 is 22.9 Å². The molecule has 8 heteroatoms. The van der Waals surface area contributed by atoms with Crippen molar-refractivity contribution in [3.8, 4) is 18.2 Å². The Morgan fingerprint density at radius 2 is 1.91 bits per heavy atom. The molecule has 1 saturated heterocycles. The summed E-state index contributed by atoms with van der Waals surface area (Å²) in [5.41, 5.74) is 2.33. The number of nitrogens with zero attached hydrogens (tertiary/aromatic N) is 6. The zero-order valence-electron chi connectivity index (χ0n) is 21.0. The summed E-state index contributed by atoms with van der Waals surface area (Å²) < 4.78 is 7.68. The maximum absolute atomic E-state index is 12.8. The lowest BCUT2D eigenvalue weighted by Gasteiger charge is -2.44. The van der Waals surface area contributed by atoms with Gasteiger partial charge in [-0.15, -0.1) is 6.42 Å². The molecule has 3 aromatic rings. The molecule has 1 aliphatic heterocycles. The van der Waals surface area contributed by atoms with E-state index >= 15 is 0 Å². The molecule has 35 heavy (non-hydrogen) atoms. The van der Waals surface area contributed by atoms with Gasteiger partial charge in [-0.2, -0.15) is 0 Å². The molecule has 1 amide bonds. The van der Waals surface area contributed by atoms with Crippen LogP contribution in [-0.2, 0) is 4.74 Å². The normalized spacial score (nSPS) is 20.7. The predicted molar refractivity (Wildman–Crippen MR) is 136 cm³/mol. The number of ether oxygens (including phenoxy) is 1. The molecule has 2 aliphatic rings. The Morgan fingerprint density at radius 1 is 1.14 bits per heavy atom. The van der Waals surface area contributed by atoms with E-state index < -0.39 is 5.60 Å². The first-order valence-electron chi connectivity index (χ1n) is 12.2. The van der Waals surface area contributed by atoms with Gasteiger partial charge in [0.15, 0.2) is 5.65 Å². The zero-order valence-corrected chi connectivity index (χ0v) is 21.0. The van der Waals surface area contributed by atoms with Gasteiger partial charge in [0, 0.05) is 43.1 Å². The van der Waals surface area contributed by atoms with E-state index in [4.69, 9.17) is 16.1 Å². The molecule has 5 rings (SSSR count). The average Bonchev–Trinajstić information content (AvgIpc) is 3.58. The molecule has 0 bridgehead atoms. The fourth-order valence-corrected chi connectivity index (χ4v) is 4.81. The highest BCUT2D eigenvalue weighted by Gasteiger charge is 2.37. The Morgan fingerprint density at radius 3 is 2.60 bits per heavy atom. The van der Waals surface area contributed by atoms with Crippen LogP contribution < -0.4 is 4.90 Å². The van der Waals surface area contributed by atoms with Crippen molar-refractivity contribution in [3.63, 3.8) is 0 Å². The minimum absolute atomic E-state index is 0.0218. The third kappa shape index (κ3) is 4.43. The van der Waals surface area contributed by atoms with Gasteiger partial charge < -0.3 is 14.5 Å². The molecule has 1 saturated carbocycles. The van der Waals surface area contributed by atoms with Crippen LogP contribution in [0.3, 0.4) is 0 Å². The highest BCUT2D eigenvalue weighted by molar-refractivity contribution is 5.93. The third-order valence-electron chi connectivity index (χ3n) is 6.65. The number of aromatic nitrogens is 4. The van der Waals surface area contributed by atoms with E-state index in [2.05, 4.69) is 40.8 Å². The second-order valence-corrected chi connectivity index (χ2v) is 10.7. The van der Waals surface area contributed by atoms with Crippen molar-refractivity contribution in [1.29, 1.82) is 0 Å². The van der Waals surface area contributed by atoms with Gasteiger partial charge in [0.2, 0.25) is 0 Å². The Hall–Kier alpha value is -3.60. The van der Waals surface area contributed by atoms with E-state index in [1.807, 2.05) is 42.4 Å². The molecule has 0 spiro atoms. The lowest BCUT2D eigenvalue weighted by molar-refractivity contribution is 0.0130. The number of fused-ring (bicyclic) bond motifs is 1. The van der Waals surface area contributed by atoms with Crippen molar-refractivity contribution in [1.82, 2.24) is 24.4 Å². The van der Waals surface area contributed by atoms with E-state index in [0.717, 1.165) is 41.1 Å². The smallest absolute Gasteiger partial charge is 0.410 e. The summed E-state index contributed by atoms with van der Waals surface area (Å²) in [6.07, 6.45) is 13.2. The fraction of sp³-hybridized carbons (Fsp3) is 0.481. The topological polar surface area (TPSA) is 76.4 Å². The number of terminal acetylenes is 1. The quantitative estimate of drug-likeness (QED) is 0.522. The summed E-state index contributed by atoms with van der Waals surface area (Å²) in [5, 5.41) is 1.06. The Labute approximate surface area is 206 Å². The highest BCUT2D eigenvalue weighted by atomic mass is 16.6. The first-order chi connectivity index (χ1) is 16.7. The monoisotopic (exact) mass is 472 g/mol. The van der Waals surface area contributed by atoms with E-state index in [-0.39, 0.29) is 18.2 Å². The van der Waals surface area contributed by atoms with Gasteiger partial charge in [-0.1, -0.05) is 5.92 Å². The molecule has 1 aliphatic carbocycles. The Balaban J connectivity index is 1.54. The molecule has 182 valence electrons. The number of pyridine rings is 1. The summed E-state index contributed by atoms with van der Waals surface area (Å²) in [4.78, 5) is 31.0. The molecule has 2 fully saturated rings. The molecule has 2 atom stereocenters. The van der Waals surface area contributed by atoms with Crippen LogP contribution in [0.2, 0.25) is 0 Å². The molecular weight excluding hydrogens is 440 g/mol. The number of carbonyl (C=O) groups is 1. The molecular formula is C27H32N6O2. The molecule has 0 aromatic carbocycles. The lowest BCUT2D eigenvalue weighted by atomic mass is 10.1. The predicted octanol–water partition coefficient (Wildman–Crippen LogP) is 4.51. The number of hydrogen-bond donors (Lipinski definition) is 0. The minimum atomic E-state index is -0.525. The number of hydrogen-bond acceptors (Lipinski definition) is 6. The molecule has 0 N–H and O–H groups in total. The van der Waals surface area contributed by atoms with Crippen LogP contribution in [0.15, 0.2) is 30.9 Å². The number of carbonyl (C=O) groups excluding carboxylic acids is 1. The Bertz CT molecular complexity index is 1310. The van der Waals surface area contributed by atoms with Gasteiger partial charge in [0.1, 0.15) is 23.6 Å². The number of rotatable bonds is 3. The average molecular weight is 473 g/mol. The van der Waals surface area contributed by atoms with Crippen LogP contribution in [0, 0.1) is 12.3 Å². The number of anilines is 1. The summed E-state index contributed by atoms with van der Waals surface area (Å²) in [5.74, 6) is 4.84. The molecule has 8 nitrogen and oxygen atoms in total. The van der Waals surface area contributed by atoms with Gasteiger partial charge in [-0.3, -0.25) is 4.57 Å². The summed E-state index contributed by atoms with van der Waals surface area (Å²) >= 11 is 0. The van der Waals surface area contributed by atoms with Crippen LogP contribution in [0.1, 0.15) is 64.5 Å². The van der Waals surface area contributed by atoms with Crippen LogP contribution in [0.25, 0.3) is 16.9 Å². The first-order valence-corrected chi connectivity index (χ1v) is 12.2. The second-order valence-electron chi connectivity index (χ2n) is 10.7. The SMILES string of the molecule is C#Cc1ccnc(-n2cc(C3CC3)c3c(N4CC(C)N(C(=O)OC(C)(C)C)CC4C)ncnc32)c1. The van der Waals surface area contributed by atoms with Crippen molar-refractivity contribution in [2.75, 3.05) is 18.0 Å². The largest absolute Gasteiger partial charge is 0.444 e. The second kappa shape index (κ2) is 8.56. The maximum Gasteiger partial charge on any atom is 0.410 e. The lowest BCUT2D eigenvalue weighted by Crippen LogP contribution is -2.59. The standard InChI is InChI=1S/C27H32N6O2/c1-7-19-10-11-28-22(12-19)33-15-21(20-8-9-20)23-24(29-16-30-25(23)33)31-13-18(3)32(14-17(31)2)26(34)35-27(4,5)6/h1,10-12,15-18,20H,8-9,13-14H2,2-6H3. The van der Waals surface area contributed by atoms with E-state index in [1.54, 1.807) is 12.5 Å². The van der Waals surface area contributed by atoms with E-state index in [9.17, 15) is 4.79 Å². The summed E-state index contributed by atoms with van der Waals surface area (Å²) in [7, 11) is 0. The van der Waals surface area contributed by atoms with E-state index in [1.165, 1.54) is 5.56 Å². The summed E-state index contributed by atoms with van der Waals surface area (Å²) in [6, 6.07) is 3.77. The van der Waals surface area contributed by atoms with Gasteiger partial charge >= 0.3 is 6.09 Å². The Kier molecular flexibility index (Phi) is 5.66. The zero-order chi connectivity index (χ0) is 24.9. The minimum Gasteiger partial charge on any atom is -0.444 e. The van der Waals surface area contributed by atoms with Crippen molar-refractivity contribution in [2.45, 2.75) is 71.1 Å². The van der Waals surface area contributed by atoms with Crippen molar-refractivity contribution < 1.29 is 9.53 Å². The molecule has 4 heterocycles. The molecule has 0 radical (unpaired) electrons. The van der Waals surface area contributed by atoms with Crippen molar-refractivity contribution in [2.24, 2.45) is 0 Å². The van der Waals surface area contributed by atoms with Gasteiger partial charge in [-0.05, 0) is 71.1 Å². The van der Waals surface area contributed by atoms with Gasteiger partial charge in [-0.25, -0.2) is 19.7 Å². The van der Waals surface area contributed by atoms with Crippen LogP contribution in [0.4, 0.5) is 10.6 Å². The number of amides is 1. The fourth-order valence-electron chi connectivity index (χ4n) is 4.81. The molecule has 2 unspecified atom stereocenters. The third-order valence-corrected chi connectivity index (χ3v) is 6.65. The van der Waals surface area contributed by atoms with Crippen LogP contribution in [0.5, 0.6) is 0 Å². The summed E-state index contributed by atoms with van der Waals surface area (Å²) in [6.45, 7) is 11.1. The number of piperazine rings is 1. The molecule has 3 aromatic heterocycles. The van der Waals surface area contributed by atoms with Gasteiger partial charge in [0.05, 0.1) is 5.39 Å². The van der Waals surface area contributed by atoms with Crippen LogP contribution >= 0.6 is 0 Å². The first kappa shape index (κ1) is 23.2. The van der Waals surface area contributed by atoms with Crippen molar-refractivity contribution in [3.05, 3.63) is 42.0 Å².